The van der Waals surface area contributed by atoms with Gasteiger partial charge in [-0.25, -0.2) is 0 Å². The van der Waals surface area contributed by atoms with Crippen molar-refractivity contribution in [3.63, 3.8) is 0 Å². The van der Waals surface area contributed by atoms with Crippen LogP contribution in [-0.4, -0.2) is 14.2 Å². The van der Waals surface area contributed by atoms with Crippen LogP contribution in [0, 0.1) is 0 Å². The Hall–Kier alpha value is -2.53. The van der Waals surface area contributed by atoms with Gasteiger partial charge in [-0.1, -0.05) is 54.6 Å². The molecule has 0 N–H and O–H groups in total. The highest BCUT2D eigenvalue weighted by Crippen LogP contribution is 2.38. The smallest absolute Gasteiger partial charge is 0.222 e. The summed E-state index contributed by atoms with van der Waals surface area (Å²) in [4.78, 5) is 13.3. The molecule has 0 radical (unpaired) electrons. The molecule has 0 aliphatic carbocycles. The zero-order valence-electron chi connectivity index (χ0n) is 14.6. The van der Waals surface area contributed by atoms with Gasteiger partial charge >= 0.3 is 0 Å². The minimum Gasteiger partial charge on any atom is -0.346 e. The largest absolute Gasteiger partial charge is 0.346 e. The lowest BCUT2D eigenvalue weighted by Crippen LogP contribution is -2.33. The summed E-state index contributed by atoms with van der Waals surface area (Å²) in [7, 11) is 3.20. The van der Waals surface area contributed by atoms with Crippen molar-refractivity contribution in [2.75, 3.05) is 14.2 Å². The summed E-state index contributed by atoms with van der Waals surface area (Å²) in [5.74, 6) is -1.14. The predicted molar refractivity (Wildman–Crippen MR) is 107 cm³/mol. The fraction of sp³-hybridized carbons (Fsp3) is 0.136. The molecule has 0 saturated heterocycles. The van der Waals surface area contributed by atoms with Gasteiger partial charge < -0.3 is 9.47 Å². The van der Waals surface area contributed by atoms with Gasteiger partial charge in [0.25, 0.3) is 0 Å². The molecule has 0 aliphatic heterocycles. The fourth-order valence-corrected chi connectivity index (χ4v) is 4.58. The van der Waals surface area contributed by atoms with Gasteiger partial charge in [0.1, 0.15) is 0 Å². The first-order valence-corrected chi connectivity index (χ1v) is 9.14. The summed E-state index contributed by atoms with van der Waals surface area (Å²) in [6.45, 7) is 0. The molecule has 4 rings (SSSR count). The van der Waals surface area contributed by atoms with E-state index >= 15 is 0 Å². The van der Waals surface area contributed by atoms with E-state index in [-0.39, 0.29) is 5.43 Å². The first kappa shape index (κ1) is 16.9. The van der Waals surface area contributed by atoms with Crippen LogP contribution >= 0.6 is 11.3 Å². The summed E-state index contributed by atoms with van der Waals surface area (Å²) in [6.07, 6.45) is 0. The van der Waals surface area contributed by atoms with Gasteiger partial charge in [-0.15, -0.1) is 11.3 Å². The molecular formula is C22H18O3S. The lowest BCUT2D eigenvalue weighted by Gasteiger charge is -2.32. The van der Waals surface area contributed by atoms with E-state index in [4.69, 9.17) is 9.47 Å². The van der Waals surface area contributed by atoms with E-state index < -0.39 is 5.79 Å². The topological polar surface area (TPSA) is 35.5 Å². The fourth-order valence-electron chi connectivity index (χ4n) is 3.47. The van der Waals surface area contributed by atoms with Crippen LogP contribution in [0.3, 0.4) is 0 Å². The third-order valence-electron chi connectivity index (χ3n) is 4.69. The zero-order chi connectivity index (χ0) is 18.1. The highest BCUT2D eigenvalue weighted by atomic mass is 32.1. The second-order valence-corrected chi connectivity index (χ2v) is 7.08. The number of fused-ring (bicyclic) bond motifs is 2. The molecule has 0 unspecified atom stereocenters. The third kappa shape index (κ3) is 2.46. The molecule has 0 spiro atoms. The first-order valence-electron chi connectivity index (χ1n) is 8.32. The van der Waals surface area contributed by atoms with Crippen LogP contribution in [0.1, 0.15) is 11.1 Å². The molecule has 26 heavy (non-hydrogen) atoms. The zero-order valence-corrected chi connectivity index (χ0v) is 15.4. The van der Waals surface area contributed by atoms with Crippen molar-refractivity contribution in [1.29, 1.82) is 0 Å². The minimum atomic E-state index is -1.14. The molecule has 4 aromatic rings. The van der Waals surface area contributed by atoms with E-state index in [1.165, 1.54) is 0 Å². The van der Waals surface area contributed by atoms with Gasteiger partial charge in [0, 0.05) is 45.5 Å². The Morgan fingerprint density at radius 3 is 2.15 bits per heavy atom. The maximum Gasteiger partial charge on any atom is 0.222 e. The van der Waals surface area contributed by atoms with E-state index in [0.717, 1.165) is 20.5 Å². The van der Waals surface area contributed by atoms with Crippen molar-refractivity contribution in [3.8, 4) is 0 Å². The van der Waals surface area contributed by atoms with Crippen molar-refractivity contribution in [2.24, 2.45) is 0 Å². The van der Waals surface area contributed by atoms with E-state index in [9.17, 15) is 4.79 Å². The molecule has 0 amide bonds. The van der Waals surface area contributed by atoms with Gasteiger partial charge in [0.05, 0.1) is 0 Å². The molecule has 4 heteroatoms. The average Bonchev–Trinajstić information content (AvgIpc) is 2.70. The van der Waals surface area contributed by atoms with Crippen LogP contribution in [0.15, 0.2) is 77.6 Å². The molecule has 130 valence electrons. The van der Waals surface area contributed by atoms with Gasteiger partial charge in [0.2, 0.25) is 5.79 Å². The molecular weight excluding hydrogens is 344 g/mol. The van der Waals surface area contributed by atoms with E-state index in [1.807, 2.05) is 72.8 Å². The number of ether oxygens (including phenoxy) is 2. The quantitative estimate of drug-likeness (QED) is 0.382. The summed E-state index contributed by atoms with van der Waals surface area (Å²) >= 11 is 1.60. The molecule has 0 atom stereocenters. The SMILES string of the molecule is COC(OC)(c1ccccc1)c1cccc2sc3ccccc3c(=O)c12. The average molecular weight is 362 g/mol. The second-order valence-electron chi connectivity index (χ2n) is 6.00. The van der Waals surface area contributed by atoms with E-state index in [2.05, 4.69) is 0 Å². The Bertz CT molecular complexity index is 1130. The third-order valence-corrected chi connectivity index (χ3v) is 5.82. The van der Waals surface area contributed by atoms with E-state index in [1.54, 1.807) is 25.6 Å². The van der Waals surface area contributed by atoms with Crippen molar-refractivity contribution in [3.05, 3.63) is 94.1 Å². The molecule has 0 saturated carbocycles. The van der Waals surface area contributed by atoms with Gasteiger partial charge in [0.15, 0.2) is 5.43 Å². The van der Waals surface area contributed by atoms with Crippen molar-refractivity contribution < 1.29 is 9.47 Å². The van der Waals surface area contributed by atoms with Crippen molar-refractivity contribution >= 4 is 31.5 Å². The van der Waals surface area contributed by atoms with Crippen molar-refractivity contribution in [1.82, 2.24) is 0 Å². The minimum absolute atomic E-state index is 0.000596. The Balaban J connectivity index is 2.13. The number of benzene rings is 3. The van der Waals surface area contributed by atoms with Crippen LogP contribution < -0.4 is 5.43 Å². The highest BCUT2D eigenvalue weighted by Gasteiger charge is 2.36. The molecule has 3 aromatic carbocycles. The lowest BCUT2D eigenvalue weighted by atomic mass is 9.93. The monoisotopic (exact) mass is 362 g/mol. The summed E-state index contributed by atoms with van der Waals surface area (Å²) in [5.41, 5.74) is 1.56. The van der Waals surface area contributed by atoms with Crippen LogP contribution in [0.4, 0.5) is 0 Å². The molecule has 0 bridgehead atoms. The number of methoxy groups -OCH3 is 2. The van der Waals surface area contributed by atoms with Crippen LogP contribution in [0.25, 0.3) is 20.2 Å². The Morgan fingerprint density at radius 2 is 1.42 bits per heavy atom. The highest BCUT2D eigenvalue weighted by molar-refractivity contribution is 7.24. The van der Waals surface area contributed by atoms with Gasteiger partial charge in [-0.2, -0.15) is 0 Å². The standard InChI is InChI=1S/C22H18O3S/c1-24-22(25-2,15-9-4-3-5-10-15)17-12-8-14-19-20(17)21(23)16-11-6-7-13-18(16)26-19/h3-14H,1-2H3. The Morgan fingerprint density at radius 1 is 0.769 bits per heavy atom. The maximum atomic E-state index is 13.3. The molecule has 1 aromatic heterocycles. The molecule has 0 aliphatic rings. The number of hydrogen-bond donors (Lipinski definition) is 0. The number of rotatable bonds is 4. The second kappa shape index (κ2) is 6.65. The summed E-state index contributed by atoms with van der Waals surface area (Å²) < 4.78 is 13.6. The van der Waals surface area contributed by atoms with Gasteiger partial charge in [-0.3, -0.25) is 4.79 Å². The molecule has 3 nitrogen and oxygen atoms in total. The first-order chi connectivity index (χ1) is 12.7. The van der Waals surface area contributed by atoms with Crippen LogP contribution in [0.2, 0.25) is 0 Å². The lowest BCUT2D eigenvalue weighted by molar-refractivity contribution is -0.182. The Labute approximate surface area is 155 Å². The van der Waals surface area contributed by atoms with E-state index in [0.29, 0.717) is 10.8 Å². The van der Waals surface area contributed by atoms with Crippen LogP contribution in [0.5, 0.6) is 0 Å². The Kier molecular flexibility index (Phi) is 4.32. The van der Waals surface area contributed by atoms with Crippen LogP contribution in [-0.2, 0) is 15.3 Å². The van der Waals surface area contributed by atoms with Gasteiger partial charge in [-0.05, 0) is 18.2 Å². The maximum absolute atomic E-state index is 13.3. The van der Waals surface area contributed by atoms with Crippen molar-refractivity contribution in [2.45, 2.75) is 5.79 Å². The molecule has 0 fully saturated rings. The molecule has 1 heterocycles. The normalized spacial score (nSPS) is 11.9. The predicted octanol–water partition coefficient (Wildman–Crippen LogP) is 4.91. The number of hydrogen-bond acceptors (Lipinski definition) is 4. The summed E-state index contributed by atoms with van der Waals surface area (Å²) in [6, 6.07) is 23.2. The summed E-state index contributed by atoms with van der Waals surface area (Å²) in [5, 5.41) is 1.36.